The maximum Gasteiger partial charge on any atom is 0.342 e. The van der Waals surface area contributed by atoms with E-state index >= 15 is 13.2 Å². The van der Waals surface area contributed by atoms with Crippen molar-refractivity contribution in [2.24, 2.45) is 0 Å². The summed E-state index contributed by atoms with van der Waals surface area (Å²) in [5, 5.41) is 10.6. The second-order valence-corrected chi connectivity index (χ2v) is 18.4. The minimum atomic E-state index is -3.64. The lowest BCUT2D eigenvalue weighted by Gasteiger charge is -2.32. The largest absolute Gasteiger partial charge is 0.495 e. The molecule has 1 atom stereocenters. The molecule has 0 spiro atoms. The number of anilines is 5. The molecule has 5 heterocycles. The van der Waals surface area contributed by atoms with Crippen molar-refractivity contribution in [2.45, 2.75) is 75.4 Å². The van der Waals surface area contributed by atoms with Crippen molar-refractivity contribution in [3.63, 3.8) is 0 Å². The molecular weight excluding hydrogens is 978 g/mol. The van der Waals surface area contributed by atoms with E-state index in [9.17, 15) is 33.6 Å². The van der Waals surface area contributed by atoms with Crippen molar-refractivity contribution in [1.29, 1.82) is 0 Å². The molecule has 398 valence electrons. The molecule has 3 aromatic rings. The average Bonchev–Trinajstić information content (AvgIpc) is 3.99. The molecule has 22 nitrogen and oxygen atoms in total. The van der Waals surface area contributed by atoms with Crippen LogP contribution in [0.4, 0.5) is 42.0 Å². The number of fused-ring (bicyclic) bond motifs is 2. The minimum absolute atomic E-state index is 0.0112. The Balaban J connectivity index is 0.676. The van der Waals surface area contributed by atoms with Crippen LogP contribution in [0.15, 0.2) is 36.5 Å². The van der Waals surface area contributed by atoms with Gasteiger partial charge in [0.05, 0.1) is 94.2 Å². The second kappa shape index (κ2) is 24.0. The number of likely N-dealkylation sites (tertiary alicyclic amines) is 1. The highest BCUT2D eigenvalue weighted by atomic mass is 19.3. The van der Waals surface area contributed by atoms with Gasteiger partial charge in [0, 0.05) is 51.3 Å². The van der Waals surface area contributed by atoms with Crippen LogP contribution in [0, 0.1) is 5.82 Å². The van der Waals surface area contributed by atoms with E-state index < -0.39 is 65.7 Å². The molecule has 1 unspecified atom stereocenters. The zero-order valence-electron chi connectivity index (χ0n) is 41.1. The zero-order chi connectivity index (χ0) is 52.5. The Hall–Kier alpha value is -6.80. The van der Waals surface area contributed by atoms with E-state index in [2.05, 4.69) is 36.1 Å². The van der Waals surface area contributed by atoms with Gasteiger partial charge in [0.25, 0.3) is 23.6 Å². The number of carbonyl (C=O) groups excluding carboxylic acids is 7. The molecule has 1 aliphatic carbocycles. The molecule has 8 rings (SSSR count). The third-order valence-electron chi connectivity index (χ3n) is 13.5. The van der Waals surface area contributed by atoms with Gasteiger partial charge in [-0.05, 0) is 50.3 Å². The van der Waals surface area contributed by atoms with Crippen molar-refractivity contribution < 1.29 is 70.4 Å². The van der Waals surface area contributed by atoms with Gasteiger partial charge in [-0.15, -0.1) is 0 Å². The number of ether oxygens (including phenoxy) is 5. The lowest BCUT2D eigenvalue weighted by molar-refractivity contribution is -0.140. The number of imide groups is 2. The van der Waals surface area contributed by atoms with Crippen molar-refractivity contribution in [3.8, 4) is 5.75 Å². The molecule has 7 amide bonds. The number of carbonyl (C=O) groups is 7. The highest BCUT2D eigenvalue weighted by molar-refractivity contribution is 6.26. The SMILES string of the molecule is COc1cc(C(=O)NC2CCN(CCOCCOCCOCCOCC(=O)Nc3cccc4c3C(=O)N(C3CCC(=O)NC3=O)C4=O)CC2)c(F)cc1Nc1ncc2c(n1)N(C1CCCC1)CC(F)(F)C(=O)N2C. The van der Waals surface area contributed by atoms with E-state index in [1.165, 1.54) is 49.5 Å². The molecule has 74 heavy (non-hydrogen) atoms. The van der Waals surface area contributed by atoms with Gasteiger partial charge >= 0.3 is 5.92 Å². The lowest BCUT2D eigenvalue weighted by Crippen LogP contribution is -2.54. The summed E-state index contributed by atoms with van der Waals surface area (Å²) in [6.45, 7) is 2.94. The normalized spacial score (nSPS) is 19.3. The monoisotopic (exact) mass is 1040 g/mol. The number of hydrogen-bond acceptors (Lipinski definition) is 17. The van der Waals surface area contributed by atoms with Gasteiger partial charge in [-0.1, -0.05) is 18.9 Å². The van der Waals surface area contributed by atoms with E-state index in [1.807, 2.05) is 0 Å². The van der Waals surface area contributed by atoms with Crippen molar-refractivity contribution in [3.05, 3.63) is 59.0 Å². The van der Waals surface area contributed by atoms with E-state index in [1.54, 1.807) is 0 Å². The van der Waals surface area contributed by atoms with Gasteiger partial charge in [-0.3, -0.25) is 43.8 Å². The molecule has 1 aromatic heterocycles. The summed E-state index contributed by atoms with van der Waals surface area (Å²) in [6.07, 6.45) is 5.63. The maximum atomic E-state index is 15.6. The number of rotatable bonds is 22. The minimum Gasteiger partial charge on any atom is -0.495 e. The third-order valence-corrected chi connectivity index (χ3v) is 13.5. The number of nitrogens with one attached hydrogen (secondary N) is 4. The third kappa shape index (κ3) is 12.4. The first-order valence-corrected chi connectivity index (χ1v) is 24.6. The highest BCUT2D eigenvalue weighted by Crippen LogP contribution is 2.40. The molecular formula is C49H59F3N10O12. The van der Waals surface area contributed by atoms with Crippen LogP contribution in [-0.4, -0.2) is 178 Å². The molecule has 2 aromatic carbocycles. The number of halogens is 3. The van der Waals surface area contributed by atoms with Crippen LogP contribution in [0.1, 0.15) is 82.4 Å². The number of piperidine rings is 2. The maximum absolute atomic E-state index is 15.6. The number of benzene rings is 2. The van der Waals surface area contributed by atoms with Gasteiger partial charge in [0.15, 0.2) is 5.82 Å². The fourth-order valence-corrected chi connectivity index (χ4v) is 9.61. The Bertz CT molecular complexity index is 2610. The van der Waals surface area contributed by atoms with Crippen molar-refractivity contribution >= 4 is 70.2 Å². The Morgan fingerprint density at radius 3 is 2.24 bits per heavy atom. The highest BCUT2D eigenvalue weighted by Gasteiger charge is 2.49. The molecule has 0 bridgehead atoms. The van der Waals surface area contributed by atoms with Gasteiger partial charge in [0.2, 0.25) is 23.7 Å². The zero-order valence-corrected chi connectivity index (χ0v) is 41.1. The topological polar surface area (TPSA) is 252 Å². The summed E-state index contributed by atoms with van der Waals surface area (Å²) >= 11 is 0. The fraction of sp³-hybridized carbons (Fsp3) is 0.531. The summed E-state index contributed by atoms with van der Waals surface area (Å²) in [6, 6.07) is 5.21. The number of alkyl halides is 2. The van der Waals surface area contributed by atoms with Gasteiger partial charge in [-0.2, -0.15) is 13.8 Å². The molecule has 3 fully saturated rings. The first-order valence-electron chi connectivity index (χ1n) is 24.6. The summed E-state index contributed by atoms with van der Waals surface area (Å²) < 4.78 is 73.4. The first-order chi connectivity index (χ1) is 35.6. The Morgan fingerprint density at radius 2 is 1.55 bits per heavy atom. The quantitative estimate of drug-likeness (QED) is 0.0834. The number of amides is 7. The summed E-state index contributed by atoms with van der Waals surface area (Å²) in [4.78, 5) is 103. The number of aromatic nitrogens is 2. The Kier molecular flexibility index (Phi) is 17.4. The van der Waals surface area contributed by atoms with E-state index in [0.717, 1.165) is 28.7 Å². The number of hydrogen-bond donors (Lipinski definition) is 4. The molecule has 25 heteroatoms. The van der Waals surface area contributed by atoms with E-state index in [4.69, 9.17) is 23.7 Å². The summed E-state index contributed by atoms with van der Waals surface area (Å²) in [5.74, 6) is -9.37. The lowest BCUT2D eigenvalue weighted by atomic mass is 10.0. The molecule has 5 aliphatic rings. The first kappa shape index (κ1) is 53.5. The Labute approximate surface area is 423 Å². The van der Waals surface area contributed by atoms with E-state index in [0.29, 0.717) is 71.7 Å². The molecule has 4 aliphatic heterocycles. The van der Waals surface area contributed by atoms with Crippen LogP contribution in [0.3, 0.4) is 0 Å². The average molecular weight is 1040 g/mol. The molecule has 4 N–H and O–H groups in total. The fourth-order valence-electron chi connectivity index (χ4n) is 9.61. The van der Waals surface area contributed by atoms with Crippen molar-refractivity contribution in [2.75, 3.05) is 114 Å². The molecule has 1 saturated carbocycles. The number of nitrogens with zero attached hydrogens (tertiary/aromatic N) is 6. The van der Waals surface area contributed by atoms with Crippen LogP contribution in [-0.2, 0) is 38.1 Å². The smallest absolute Gasteiger partial charge is 0.342 e. The molecule has 0 radical (unpaired) electrons. The summed E-state index contributed by atoms with van der Waals surface area (Å²) in [5.41, 5.74) is 0.122. The van der Waals surface area contributed by atoms with Crippen LogP contribution >= 0.6 is 0 Å². The molecule has 2 saturated heterocycles. The second-order valence-electron chi connectivity index (χ2n) is 18.4. The summed E-state index contributed by atoms with van der Waals surface area (Å²) in [7, 11) is 2.62. The Morgan fingerprint density at radius 1 is 0.865 bits per heavy atom. The number of methoxy groups -OCH3 is 1. The van der Waals surface area contributed by atoms with E-state index in [-0.39, 0.29) is 103 Å². The van der Waals surface area contributed by atoms with Crippen LogP contribution in [0.25, 0.3) is 0 Å². The van der Waals surface area contributed by atoms with Crippen LogP contribution in [0.2, 0.25) is 0 Å². The van der Waals surface area contributed by atoms with Gasteiger partial charge < -0.3 is 54.3 Å². The standard InChI is InChI=1S/C49H59F3N10O12/c1-59-37-26-53-48(58-42(37)61(30-6-3-4-7-30)28-49(51,52)47(59)69)56-35-25-33(50)32(24-38(35)70-2)43(65)54-29-12-14-60(15-13-29)16-17-71-18-19-72-20-21-73-22-23-74-27-40(64)55-34-9-5-8-31-41(34)46(68)62(45(31)67)36-10-11-39(63)57-44(36)66/h5,8-9,24-26,29-30,36H,3-4,6-7,10-23,27-28H2,1-2H3,(H,54,65)(H,55,64)(H,53,56,58)(H,57,63,66). The predicted octanol–water partition coefficient (Wildman–Crippen LogP) is 3.03. The predicted molar refractivity (Wildman–Crippen MR) is 258 cm³/mol. The van der Waals surface area contributed by atoms with Gasteiger partial charge in [0.1, 0.15) is 29.9 Å². The van der Waals surface area contributed by atoms with Crippen LogP contribution < -0.4 is 35.8 Å². The van der Waals surface area contributed by atoms with Crippen molar-refractivity contribution in [1.82, 2.24) is 30.4 Å². The van der Waals surface area contributed by atoms with Gasteiger partial charge in [-0.25, -0.2) is 9.37 Å². The van der Waals surface area contributed by atoms with Crippen LogP contribution in [0.5, 0.6) is 5.75 Å².